The fourth-order valence-electron chi connectivity index (χ4n) is 0.980. The van der Waals surface area contributed by atoms with E-state index in [4.69, 9.17) is 39.5 Å². The molecule has 1 rings (SSSR count). The largest absolute Gasteiger partial charge is 0.423 e. The van der Waals surface area contributed by atoms with Crippen LogP contribution in [0, 0.1) is 0 Å². The van der Waals surface area contributed by atoms with Crippen LogP contribution in [-0.2, 0) is 9.59 Å². The van der Waals surface area contributed by atoms with E-state index in [0.717, 1.165) is 0 Å². The molecule has 0 aliphatic carbocycles. The van der Waals surface area contributed by atoms with Gasteiger partial charge in [0.15, 0.2) is 5.75 Å². The lowest BCUT2D eigenvalue weighted by Gasteiger charge is -2.07. The van der Waals surface area contributed by atoms with Gasteiger partial charge < -0.3 is 4.74 Å². The van der Waals surface area contributed by atoms with Crippen LogP contribution in [0.25, 0.3) is 0 Å². The number of rotatable bonds is 3. The van der Waals surface area contributed by atoms with Gasteiger partial charge in [-0.3, -0.25) is 9.59 Å². The minimum absolute atomic E-state index is 0.0129. The number of carbonyl (C=O) groups excluding carboxylic acids is 2. The van der Waals surface area contributed by atoms with E-state index < -0.39 is 5.97 Å². The molecule has 0 saturated carbocycles. The van der Waals surface area contributed by atoms with E-state index in [0.29, 0.717) is 5.02 Å². The summed E-state index contributed by atoms with van der Waals surface area (Å²) in [6.45, 7) is 1.28. The molecule has 16 heavy (non-hydrogen) atoms. The number of esters is 1. The SMILES string of the molecule is CC(=O)CC(=O)Oc1c(Cl)cc(Cl)cc1Cl. The minimum atomic E-state index is -0.710. The fraction of sp³-hybridized carbons (Fsp3) is 0.200. The molecule has 0 N–H and O–H groups in total. The predicted octanol–water partition coefficient (Wildman–Crippen LogP) is 3.53. The number of hydrogen-bond acceptors (Lipinski definition) is 3. The molecule has 0 aliphatic heterocycles. The van der Waals surface area contributed by atoms with Crippen molar-refractivity contribution in [2.24, 2.45) is 0 Å². The van der Waals surface area contributed by atoms with Gasteiger partial charge in [-0.1, -0.05) is 34.8 Å². The highest BCUT2D eigenvalue weighted by Crippen LogP contribution is 2.35. The summed E-state index contributed by atoms with van der Waals surface area (Å²) in [6, 6.07) is 2.79. The second-order valence-corrected chi connectivity index (χ2v) is 4.30. The first kappa shape index (κ1) is 13.3. The zero-order chi connectivity index (χ0) is 12.3. The van der Waals surface area contributed by atoms with E-state index in [9.17, 15) is 9.59 Å². The summed E-state index contributed by atoms with van der Waals surface area (Å²) < 4.78 is 4.86. The minimum Gasteiger partial charge on any atom is -0.423 e. The van der Waals surface area contributed by atoms with Crippen LogP contribution < -0.4 is 4.74 Å². The molecule has 1 aromatic carbocycles. The molecule has 0 heterocycles. The lowest BCUT2D eigenvalue weighted by Crippen LogP contribution is -2.12. The summed E-state index contributed by atoms with van der Waals surface area (Å²) in [5, 5.41) is 0.574. The molecule has 0 aromatic heterocycles. The number of carbonyl (C=O) groups is 2. The van der Waals surface area contributed by atoms with Crippen molar-refractivity contribution in [2.45, 2.75) is 13.3 Å². The summed E-state index contributed by atoms with van der Waals surface area (Å²) in [6.07, 6.45) is -0.324. The predicted molar refractivity (Wildman–Crippen MR) is 62.4 cm³/mol. The van der Waals surface area contributed by atoms with Gasteiger partial charge in [-0.15, -0.1) is 0 Å². The van der Waals surface area contributed by atoms with Gasteiger partial charge in [-0.25, -0.2) is 0 Å². The van der Waals surface area contributed by atoms with Crippen molar-refractivity contribution in [3.63, 3.8) is 0 Å². The van der Waals surface area contributed by atoms with Crippen LogP contribution >= 0.6 is 34.8 Å². The maximum Gasteiger partial charge on any atom is 0.318 e. The number of hydrogen-bond donors (Lipinski definition) is 0. The Morgan fingerprint density at radius 3 is 2.12 bits per heavy atom. The third-order valence-electron chi connectivity index (χ3n) is 1.57. The van der Waals surface area contributed by atoms with Crippen molar-refractivity contribution in [3.05, 3.63) is 27.2 Å². The molecule has 6 heteroatoms. The van der Waals surface area contributed by atoms with E-state index in [1.165, 1.54) is 19.1 Å². The van der Waals surface area contributed by atoms with Crippen molar-refractivity contribution >= 4 is 46.6 Å². The van der Waals surface area contributed by atoms with Crippen molar-refractivity contribution in [1.29, 1.82) is 0 Å². The van der Waals surface area contributed by atoms with Gasteiger partial charge in [0.05, 0.1) is 10.0 Å². The maximum absolute atomic E-state index is 11.2. The third kappa shape index (κ3) is 3.67. The van der Waals surface area contributed by atoms with E-state index in [-0.39, 0.29) is 28.0 Å². The molecular formula is C10H7Cl3O3. The van der Waals surface area contributed by atoms with Crippen LogP contribution in [0.5, 0.6) is 5.75 Å². The lowest BCUT2D eigenvalue weighted by atomic mass is 10.3. The average Bonchev–Trinajstić information content (AvgIpc) is 2.09. The Balaban J connectivity index is 2.89. The number of benzene rings is 1. The monoisotopic (exact) mass is 280 g/mol. The van der Waals surface area contributed by atoms with Crippen LogP contribution in [0.4, 0.5) is 0 Å². The topological polar surface area (TPSA) is 43.4 Å². The molecule has 0 radical (unpaired) electrons. The standard InChI is InChI=1S/C10H7Cl3O3/c1-5(14)2-9(15)16-10-7(12)3-6(11)4-8(10)13/h3-4H,2H2,1H3. The summed E-state index contributed by atoms with van der Waals surface area (Å²) in [7, 11) is 0. The smallest absolute Gasteiger partial charge is 0.318 e. The van der Waals surface area contributed by atoms with Crippen molar-refractivity contribution in [2.75, 3.05) is 0 Å². The van der Waals surface area contributed by atoms with Crippen molar-refractivity contribution < 1.29 is 14.3 Å². The van der Waals surface area contributed by atoms with Gasteiger partial charge in [-0.2, -0.15) is 0 Å². The molecule has 0 atom stereocenters. The molecular weight excluding hydrogens is 274 g/mol. The van der Waals surface area contributed by atoms with Gasteiger partial charge in [0.2, 0.25) is 0 Å². The first-order valence-electron chi connectivity index (χ1n) is 4.25. The molecule has 0 bridgehead atoms. The van der Waals surface area contributed by atoms with Gasteiger partial charge in [0.1, 0.15) is 12.2 Å². The Bertz CT molecular complexity index is 420. The maximum atomic E-state index is 11.2. The van der Waals surface area contributed by atoms with E-state index in [1.54, 1.807) is 0 Å². The Morgan fingerprint density at radius 1 is 1.19 bits per heavy atom. The zero-order valence-corrected chi connectivity index (χ0v) is 10.5. The van der Waals surface area contributed by atoms with Crippen LogP contribution in [0.1, 0.15) is 13.3 Å². The lowest BCUT2D eigenvalue weighted by molar-refractivity contribution is -0.137. The normalized spacial score (nSPS) is 10.0. The summed E-state index contributed by atoms with van der Waals surface area (Å²) >= 11 is 17.2. The van der Waals surface area contributed by atoms with Crippen LogP contribution in [0.3, 0.4) is 0 Å². The zero-order valence-electron chi connectivity index (χ0n) is 8.22. The third-order valence-corrected chi connectivity index (χ3v) is 2.35. The number of ether oxygens (including phenoxy) is 1. The average molecular weight is 282 g/mol. The van der Waals surface area contributed by atoms with Gasteiger partial charge in [0.25, 0.3) is 0 Å². The van der Waals surface area contributed by atoms with E-state index in [2.05, 4.69) is 0 Å². The molecule has 86 valence electrons. The van der Waals surface area contributed by atoms with Gasteiger partial charge >= 0.3 is 5.97 Å². The molecule has 0 unspecified atom stereocenters. The van der Waals surface area contributed by atoms with Crippen molar-refractivity contribution in [1.82, 2.24) is 0 Å². The quantitative estimate of drug-likeness (QED) is 0.483. The Morgan fingerprint density at radius 2 is 1.69 bits per heavy atom. The summed E-state index contributed by atoms with van der Waals surface area (Å²) in [5.41, 5.74) is 0. The molecule has 1 aromatic rings. The number of halogens is 3. The molecule has 0 amide bonds. The number of Topliss-reactive ketones (excluding diaryl/α,β-unsaturated/α-hetero) is 1. The first-order chi connectivity index (χ1) is 7.40. The molecule has 0 saturated heterocycles. The molecule has 3 nitrogen and oxygen atoms in total. The van der Waals surface area contributed by atoms with Crippen LogP contribution in [0.15, 0.2) is 12.1 Å². The summed E-state index contributed by atoms with van der Waals surface area (Å²) in [5.74, 6) is -0.996. The Kier molecular flexibility index (Phi) is 4.59. The highest BCUT2D eigenvalue weighted by Gasteiger charge is 2.14. The van der Waals surface area contributed by atoms with E-state index >= 15 is 0 Å². The second kappa shape index (κ2) is 5.53. The Hall–Kier alpha value is -0.770. The molecule has 0 aliphatic rings. The Labute approximate surface area is 107 Å². The molecule has 0 spiro atoms. The molecule has 0 fully saturated rings. The fourth-order valence-corrected chi connectivity index (χ4v) is 1.87. The van der Waals surface area contributed by atoms with Crippen molar-refractivity contribution in [3.8, 4) is 5.75 Å². The highest BCUT2D eigenvalue weighted by molar-refractivity contribution is 6.40. The van der Waals surface area contributed by atoms with Crippen LogP contribution in [-0.4, -0.2) is 11.8 Å². The first-order valence-corrected chi connectivity index (χ1v) is 5.38. The van der Waals surface area contributed by atoms with Gasteiger partial charge in [-0.05, 0) is 19.1 Å². The number of ketones is 1. The van der Waals surface area contributed by atoms with Gasteiger partial charge in [0, 0.05) is 5.02 Å². The second-order valence-electron chi connectivity index (χ2n) is 3.05. The van der Waals surface area contributed by atoms with E-state index in [1.807, 2.05) is 0 Å². The van der Waals surface area contributed by atoms with Crippen LogP contribution in [0.2, 0.25) is 15.1 Å². The summed E-state index contributed by atoms with van der Waals surface area (Å²) in [4.78, 5) is 21.9. The highest BCUT2D eigenvalue weighted by atomic mass is 35.5.